The summed E-state index contributed by atoms with van der Waals surface area (Å²) in [6.07, 6.45) is 2.96. The molecule has 1 amide bonds. The van der Waals surface area contributed by atoms with E-state index in [1.165, 1.54) is 23.4 Å². The van der Waals surface area contributed by atoms with Gasteiger partial charge in [-0.2, -0.15) is 5.10 Å². The maximum absolute atomic E-state index is 13.6. The molecular formula is C26H24N8O4S. The van der Waals surface area contributed by atoms with E-state index >= 15 is 0 Å². The number of anilines is 1. The van der Waals surface area contributed by atoms with Crippen molar-refractivity contribution in [2.45, 2.75) is 23.5 Å². The van der Waals surface area contributed by atoms with E-state index in [9.17, 15) is 13.2 Å². The van der Waals surface area contributed by atoms with E-state index in [2.05, 4.69) is 20.6 Å². The zero-order valence-electron chi connectivity index (χ0n) is 20.5. The fourth-order valence-electron chi connectivity index (χ4n) is 4.28. The number of oxime groups is 1. The van der Waals surface area contributed by atoms with Crippen LogP contribution in [0.2, 0.25) is 0 Å². The van der Waals surface area contributed by atoms with Gasteiger partial charge in [-0.3, -0.25) is 10.2 Å². The zero-order chi connectivity index (χ0) is 27.6. The average Bonchev–Trinajstić information content (AvgIpc) is 3.60. The van der Waals surface area contributed by atoms with Gasteiger partial charge in [0.1, 0.15) is 18.5 Å². The van der Waals surface area contributed by atoms with Crippen molar-refractivity contribution in [1.82, 2.24) is 14.8 Å². The van der Waals surface area contributed by atoms with E-state index in [-0.39, 0.29) is 23.7 Å². The van der Waals surface area contributed by atoms with Gasteiger partial charge in [0, 0.05) is 28.8 Å². The van der Waals surface area contributed by atoms with Crippen LogP contribution in [-0.4, -0.2) is 46.2 Å². The predicted octanol–water partition coefficient (Wildman–Crippen LogP) is 2.08. The minimum atomic E-state index is -3.92. The standard InChI is InChI=1S/C26H24N8O4S/c27-24(28)19-5-3-4-18(12-19)22-13-26(38-33-22,14-34-16-30-15-31-34)25(35)32-20-10-8-17(9-11-20)21-6-1-2-7-23(21)39(29,36)37/h1-12,15-16H,13-14H2,(H3,27,28)(H,32,35)(H2,29,36,37). The number of amidine groups is 1. The summed E-state index contributed by atoms with van der Waals surface area (Å²) in [6, 6.07) is 20.1. The number of hydrogen-bond acceptors (Lipinski definition) is 8. The van der Waals surface area contributed by atoms with Crippen molar-refractivity contribution in [2.24, 2.45) is 16.0 Å². The number of benzene rings is 3. The molecule has 39 heavy (non-hydrogen) atoms. The Balaban J connectivity index is 1.40. The highest BCUT2D eigenvalue weighted by Gasteiger charge is 2.48. The molecule has 0 radical (unpaired) electrons. The van der Waals surface area contributed by atoms with Crippen LogP contribution >= 0.6 is 0 Å². The Morgan fingerprint density at radius 3 is 2.54 bits per heavy atom. The predicted molar refractivity (Wildman–Crippen MR) is 144 cm³/mol. The molecule has 0 saturated carbocycles. The maximum Gasteiger partial charge on any atom is 0.273 e. The molecule has 6 N–H and O–H groups in total. The average molecular weight is 545 g/mol. The largest absolute Gasteiger partial charge is 0.384 e. The highest BCUT2D eigenvalue weighted by molar-refractivity contribution is 7.89. The third kappa shape index (κ3) is 5.39. The number of hydrogen-bond donors (Lipinski definition) is 4. The molecule has 1 atom stereocenters. The normalized spacial score (nSPS) is 16.8. The summed E-state index contributed by atoms with van der Waals surface area (Å²) in [5.74, 6) is -0.546. The lowest BCUT2D eigenvalue weighted by Gasteiger charge is -2.25. The highest BCUT2D eigenvalue weighted by Crippen LogP contribution is 2.32. The number of aromatic nitrogens is 3. The number of carbonyl (C=O) groups excluding carboxylic acids is 1. The minimum Gasteiger partial charge on any atom is -0.384 e. The monoisotopic (exact) mass is 544 g/mol. The van der Waals surface area contributed by atoms with E-state index in [1.54, 1.807) is 66.7 Å². The van der Waals surface area contributed by atoms with Gasteiger partial charge in [0.25, 0.3) is 5.91 Å². The Morgan fingerprint density at radius 1 is 1.08 bits per heavy atom. The number of sulfonamides is 1. The van der Waals surface area contributed by atoms with Crippen LogP contribution in [0.5, 0.6) is 0 Å². The summed E-state index contributed by atoms with van der Waals surface area (Å²) < 4.78 is 25.5. The lowest BCUT2D eigenvalue weighted by atomic mass is 9.92. The molecule has 0 aliphatic carbocycles. The smallest absolute Gasteiger partial charge is 0.273 e. The molecule has 0 bridgehead atoms. The molecule has 1 unspecified atom stereocenters. The summed E-state index contributed by atoms with van der Waals surface area (Å²) in [7, 11) is -3.92. The van der Waals surface area contributed by atoms with Gasteiger partial charge in [-0.25, -0.2) is 23.2 Å². The summed E-state index contributed by atoms with van der Waals surface area (Å²) in [6.45, 7) is 0.0397. The lowest BCUT2D eigenvalue weighted by Crippen LogP contribution is -2.47. The first-order valence-electron chi connectivity index (χ1n) is 11.7. The van der Waals surface area contributed by atoms with Gasteiger partial charge >= 0.3 is 0 Å². The zero-order valence-corrected chi connectivity index (χ0v) is 21.3. The molecule has 0 spiro atoms. The number of rotatable bonds is 8. The number of primary sulfonamides is 1. The molecular weight excluding hydrogens is 520 g/mol. The van der Waals surface area contributed by atoms with Crippen molar-refractivity contribution in [1.29, 1.82) is 5.41 Å². The van der Waals surface area contributed by atoms with E-state index in [4.69, 9.17) is 21.1 Å². The van der Waals surface area contributed by atoms with E-state index in [0.29, 0.717) is 33.7 Å². The molecule has 2 heterocycles. The summed E-state index contributed by atoms with van der Waals surface area (Å²) >= 11 is 0. The molecule has 1 aromatic heterocycles. The third-order valence-corrected chi connectivity index (χ3v) is 7.20. The molecule has 13 heteroatoms. The Kier molecular flexibility index (Phi) is 6.68. The number of carbonyl (C=O) groups is 1. The van der Waals surface area contributed by atoms with E-state index in [0.717, 1.165) is 0 Å². The van der Waals surface area contributed by atoms with Crippen molar-refractivity contribution >= 4 is 33.2 Å². The topological polar surface area (TPSA) is 191 Å². The minimum absolute atomic E-state index is 0.00597. The maximum atomic E-state index is 13.6. The van der Waals surface area contributed by atoms with Crippen LogP contribution in [-0.2, 0) is 26.2 Å². The molecule has 1 aliphatic heterocycles. The lowest BCUT2D eigenvalue weighted by molar-refractivity contribution is -0.140. The summed E-state index contributed by atoms with van der Waals surface area (Å²) in [5.41, 5.74) is 7.44. The van der Waals surface area contributed by atoms with Gasteiger partial charge < -0.3 is 15.9 Å². The molecule has 5 rings (SSSR count). The van der Waals surface area contributed by atoms with Crippen molar-refractivity contribution in [3.05, 3.63) is 96.6 Å². The molecule has 0 fully saturated rings. The SMILES string of the molecule is N=C(N)c1cccc(C2=NOC(Cn3cncn3)(C(=O)Nc3ccc(-c4ccccc4S(N)(=O)=O)cc3)C2)c1. The van der Waals surface area contributed by atoms with Crippen molar-refractivity contribution in [3.8, 4) is 11.1 Å². The van der Waals surface area contributed by atoms with Crippen LogP contribution in [0.25, 0.3) is 11.1 Å². The van der Waals surface area contributed by atoms with Crippen LogP contribution in [0, 0.1) is 5.41 Å². The van der Waals surface area contributed by atoms with E-state index in [1.807, 2.05) is 0 Å². The van der Waals surface area contributed by atoms with Gasteiger partial charge in [0.05, 0.1) is 17.2 Å². The van der Waals surface area contributed by atoms with Crippen LogP contribution < -0.4 is 16.2 Å². The van der Waals surface area contributed by atoms with Crippen LogP contribution in [0.15, 0.2) is 95.5 Å². The van der Waals surface area contributed by atoms with Gasteiger partial charge in [0.15, 0.2) is 0 Å². The summed E-state index contributed by atoms with van der Waals surface area (Å²) in [5, 5.41) is 24.3. The van der Waals surface area contributed by atoms with Crippen LogP contribution in [0.3, 0.4) is 0 Å². The number of amides is 1. The Hall–Kier alpha value is -4.88. The quantitative estimate of drug-likeness (QED) is 0.193. The molecule has 3 aromatic carbocycles. The fraction of sp³-hybridized carbons (Fsp3) is 0.115. The molecule has 0 saturated heterocycles. The molecule has 12 nitrogen and oxygen atoms in total. The first kappa shape index (κ1) is 25.8. The first-order chi connectivity index (χ1) is 18.6. The van der Waals surface area contributed by atoms with E-state index < -0.39 is 21.5 Å². The highest BCUT2D eigenvalue weighted by atomic mass is 32.2. The second kappa shape index (κ2) is 10.1. The van der Waals surface area contributed by atoms with Gasteiger partial charge in [-0.1, -0.05) is 53.7 Å². The Bertz CT molecular complexity index is 1690. The summed E-state index contributed by atoms with van der Waals surface area (Å²) in [4.78, 5) is 23.4. The fourth-order valence-corrected chi connectivity index (χ4v) is 5.04. The van der Waals surface area contributed by atoms with Crippen molar-refractivity contribution in [3.63, 3.8) is 0 Å². The second-order valence-electron chi connectivity index (χ2n) is 8.96. The second-order valence-corrected chi connectivity index (χ2v) is 10.5. The molecule has 4 aromatic rings. The van der Waals surface area contributed by atoms with Crippen molar-refractivity contribution in [2.75, 3.05) is 5.32 Å². The first-order valence-corrected chi connectivity index (χ1v) is 13.3. The van der Waals surface area contributed by atoms with Gasteiger partial charge in [0.2, 0.25) is 15.6 Å². The Labute approximate surface area is 223 Å². The van der Waals surface area contributed by atoms with Crippen LogP contribution in [0.1, 0.15) is 17.5 Å². The van der Waals surface area contributed by atoms with Gasteiger partial charge in [-0.05, 0) is 29.8 Å². The number of nitrogens with two attached hydrogens (primary N) is 2. The molecule has 198 valence electrons. The van der Waals surface area contributed by atoms with Crippen LogP contribution in [0.4, 0.5) is 5.69 Å². The number of nitrogens with zero attached hydrogens (tertiary/aromatic N) is 4. The van der Waals surface area contributed by atoms with Gasteiger partial charge in [-0.15, -0.1) is 0 Å². The third-order valence-electron chi connectivity index (χ3n) is 6.24. The number of nitrogen functional groups attached to an aromatic ring is 1. The van der Waals surface area contributed by atoms with Crippen molar-refractivity contribution < 1.29 is 18.0 Å². The number of nitrogens with one attached hydrogen (secondary N) is 2. The Morgan fingerprint density at radius 2 is 1.85 bits per heavy atom. The molecule has 1 aliphatic rings.